The summed E-state index contributed by atoms with van der Waals surface area (Å²) in [5.74, 6) is 1.15. The normalized spacial score (nSPS) is 10.4. The van der Waals surface area contributed by atoms with Gasteiger partial charge >= 0.3 is 12.0 Å². The average molecular weight is 352 g/mol. The van der Waals surface area contributed by atoms with Gasteiger partial charge in [0, 0.05) is 5.69 Å². The van der Waals surface area contributed by atoms with E-state index < -0.39 is 6.03 Å². The quantitative estimate of drug-likeness (QED) is 0.726. The SMILES string of the molecule is COc1ccc(NC(=O)Nc2nnc(Cc3ccc(C)cc3C)o2)cc1. The van der Waals surface area contributed by atoms with Crippen molar-refractivity contribution < 1.29 is 13.9 Å². The molecule has 2 amide bonds. The molecule has 0 aliphatic carbocycles. The van der Waals surface area contributed by atoms with E-state index in [1.54, 1.807) is 31.4 Å². The monoisotopic (exact) mass is 352 g/mol. The van der Waals surface area contributed by atoms with E-state index in [0.717, 1.165) is 11.1 Å². The van der Waals surface area contributed by atoms with Crippen LogP contribution in [0.3, 0.4) is 0 Å². The van der Waals surface area contributed by atoms with Crippen LogP contribution in [-0.2, 0) is 6.42 Å². The molecule has 0 spiro atoms. The van der Waals surface area contributed by atoms with Crippen LogP contribution in [0.1, 0.15) is 22.6 Å². The van der Waals surface area contributed by atoms with E-state index in [4.69, 9.17) is 9.15 Å². The van der Waals surface area contributed by atoms with Gasteiger partial charge in [0.2, 0.25) is 5.89 Å². The number of rotatable bonds is 5. The van der Waals surface area contributed by atoms with Crippen molar-refractivity contribution >= 4 is 17.7 Å². The Morgan fingerprint density at radius 3 is 2.54 bits per heavy atom. The van der Waals surface area contributed by atoms with Crippen molar-refractivity contribution in [3.63, 3.8) is 0 Å². The highest BCUT2D eigenvalue weighted by Gasteiger charge is 2.11. The summed E-state index contributed by atoms with van der Waals surface area (Å²) in [6.45, 7) is 4.09. The summed E-state index contributed by atoms with van der Waals surface area (Å²) in [6, 6.07) is 12.8. The molecule has 3 rings (SSSR count). The maximum absolute atomic E-state index is 12.0. The fourth-order valence-electron chi connectivity index (χ4n) is 2.52. The minimum Gasteiger partial charge on any atom is -0.497 e. The highest BCUT2D eigenvalue weighted by Crippen LogP contribution is 2.17. The Morgan fingerprint density at radius 2 is 1.85 bits per heavy atom. The van der Waals surface area contributed by atoms with E-state index in [1.165, 1.54) is 5.56 Å². The van der Waals surface area contributed by atoms with Crippen molar-refractivity contribution in [2.24, 2.45) is 0 Å². The minimum atomic E-state index is -0.461. The minimum absolute atomic E-state index is 0.0516. The van der Waals surface area contributed by atoms with Crippen molar-refractivity contribution in [3.05, 3.63) is 65.0 Å². The maximum Gasteiger partial charge on any atom is 0.327 e. The molecule has 0 aliphatic heterocycles. The first-order valence-electron chi connectivity index (χ1n) is 8.14. The van der Waals surface area contributed by atoms with E-state index in [0.29, 0.717) is 23.7 Å². The fraction of sp³-hybridized carbons (Fsp3) is 0.211. The highest BCUT2D eigenvalue weighted by molar-refractivity contribution is 5.98. The Hall–Kier alpha value is -3.35. The molecule has 0 radical (unpaired) electrons. The van der Waals surface area contributed by atoms with Gasteiger partial charge in [-0.15, -0.1) is 5.10 Å². The van der Waals surface area contributed by atoms with Crippen LogP contribution in [0.4, 0.5) is 16.5 Å². The van der Waals surface area contributed by atoms with E-state index in [1.807, 2.05) is 26.0 Å². The zero-order valence-corrected chi connectivity index (χ0v) is 14.9. The van der Waals surface area contributed by atoms with Crippen molar-refractivity contribution in [2.75, 3.05) is 17.7 Å². The molecule has 7 heteroatoms. The van der Waals surface area contributed by atoms with E-state index >= 15 is 0 Å². The number of ether oxygens (including phenoxy) is 1. The lowest BCUT2D eigenvalue weighted by Crippen LogP contribution is -2.19. The van der Waals surface area contributed by atoms with Gasteiger partial charge in [-0.25, -0.2) is 4.79 Å². The molecule has 0 bridgehead atoms. The predicted octanol–water partition coefficient (Wildman–Crippen LogP) is 3.93. The second-order valence-electron chi connectivity index (χ2n) is 5.92. The summed E-state index contributed by atoms with van der Waals surface area (Å²) in [4.78, 5) is 12.0. The van der Waals surface area contributed by atoms with Crippen LogP contribution in [0.15, 0.2) is 46.9 Å². The third-order valence-corrected chi connectivity index (χ3v) is 3.87. The summed E-state index contributed by atoms with van der Waals surface area (Å²) < 4.78 is 10.6. The van der Waals surface area contributed by atoms with Crippen LogP contribution < -0.4 is 15.4 Å². The number of aromatic nitrogens is 2. The van der Waals surface area contributed by atoms with Crippen LogP contribution in [0.25, 0.3) is 0 Å². The summed E-state index contributed by atoms with van der Waals surface area (Å²) in [6.07, 6.45) is 0.515. The van der Waals surface area contributed by atoms with Gasteiger partial charge < -0.3 is 14.5 Å². The first-order chi connectivity index (χ1) is 12.5. The van der Waals surface area contributed by atoms with Gasteiger partial charge in [0.15, 0.2) is 0 Å². The van der Waals surface area contributed by atoms with Crippen LogP contribution in [0.2, 0.25) is 0 Å². The Balaban J connectivity index is 1.59. The Bertz CT molecular complexity index is 903. The van der Waals surface area contributed by atoms with Gasteiger partial charge in [-0.1, -0.05) is 28.9 Å². The van der Waals surface area contributed by atoms with Gasteiger partial charge in [-0.2, -0.15) is 0 Å². The zero-order chi connectivity index (χ0) is 18.5. The second-order valence-corrected chi connectivity index (χ2v) is 5.92. The molecule has 3 aromatic rings. The average Bonchev–Trinajstić information content (AvgIpc) is 3.05. The van der Waals surface area contributed by atoms with Crippen LogP contribution in [0.5, 0.6) is 5.75 Å². The molecule has 7 nitrogen and oxygen atoms in total. The summed E-state index contributed by atoms with van der Waals surface area (Å²) in [5, 5.41) is 13.1. The molecule has 1 aromatic heterocycles. The second kappa shape index (κ2) is 7.69. The lowest BCUT2D eigenvalue weighted by Gasteiger charge is -2.05. The van der Waals surface area contributed by atoms with Gasteiger partial charge in [0.25, 0.3) is 0 Å². The fourth-order valence-corrected chi connectivity index (χ4v) is 2.52. The van der Waals surface area contributed by atoms with Gasteiger partial charge in [-0.05, 0) is 49.2 Å². The molecule has 2 aromatic carbocycles. The smallest absolute Gasteiger partial charge is 0.327 e. The van der Waals surface area contributed by atoms with Crippen molar-refractivity contribution in [2.45, 2.75) is 20.3 Å². The number of anilines is 2. The third kappa shape index (κ3) is 4.38. The molecule has 0 fully saturated rings. The lowest BCUT2D eigenvalue weighted by atomic mass is 10.0. The molecular formula is C19H20N4O3. The number of carbonyl (C=O) groups excluding carboxylic acids is 1. The molecule has 134 valence electrons. The van der Waals surface area contributed by atoms with Gasteiger partial charge in [0.05, 0.1) is 13.5 Å². The molecule has 0 unspecified atom stereocenters. The summed E-state index contributed by atoms with van der Waals surface area (Å²) >= 11 is 0. The third-order valence-electron chi connectivity index (χ3n) is 3.87. The van der Waals surface area contributed by atoms with Crippen LogP contribution in [0, 0.1) is 13.8 Å². The molecule has 2 N–H and O–H groups in total. The molecule has 0 saturated heterocycles. The van der Waals surface area contributed by atoms with Gasteiger partial charge in [0.1, 0.15) is 5.75 Å². The maximum atomic E-state index is 12.0. The van der Waals surface area contributed by atoms with E-state index in [9.17, 15) is 4.79 Å². The number of carbonyl (C=O) groups is 1. The molecule has 26 heavy (non-hydrogen) atoms. The van der Waals surface area contributed by atoms with Crippen LogP contribution in [-0.4, -0.2) is 23.3 Å². The topological polar surface area (TPSA) is 89.3 Å². The van der Waals surface area contributed by atoms with E-state index in [2.05, 4.69) is 26.9 Å². The first kappa shape index (κ1) is 17.5. The molecule has 0 atom stereocenters. The van der Waals surface area contributed by atoms with Crippen LogP contribution >= 0.6 is 0 Å². The Labute approximate surface area is 151 Å². The summed E-state index contributed by atoms with van der Waals surface area (Å²) in [5.41, 5.74) is 4.09. The van der Waals surface area contributed by atoms with Crippen molar-refractivity contribution in [1.29, 1.82) is 0 Å². The number of aryl methyl sites for hydroxylation is 2. The zero-order valence-electron chi connectivity index (χ0n) is 14.9. The number of benzene rings is 2. The van der Waals surface area contributed by atoms with Crippen molar-refractivity contribution in [1.82, 2.24) is 10.2 Å². The number of hydrogen-bond acceptors (Lipinski definition) is 5. The number of methoxy groups -OCH3 is 1. The number of nitrogens with zero attached hydrogens (tertiary/aromatic N) is 2. The number of nitrogens with one attached hydrogen (secondary N) is 2. The van der Waals surface area contributed by atoms with Gasteiger partial charge in [-0.3, -0.25) is 5.32 Å². The Morgan fingerprint density at radius 1 is 1.08 bits per heavy atom. The molecule has 0 saturated carbocycles. The lowest BCUT2D eigenvalue weighted by molar-refractivity contribution is 0.261. The molecular weight excluding hydrogens is 332 g/mol. The Kier molecular flexibility index (Phi) is 5.17. The predicted molar refractivity (Wildman–Crippen MR) is 98.7 cm³/mol. The largest absolute Gasteiger partial charge is 0.497 e. The number of urea groups is 1. The molecule has 1 heterocycles. The standard InChI is InChI=1S/C19H20N4O3/c1-12-4-5-14(13(2)10-12)11-17-22-23-19(26-17)21-18(24)20-15-6-8-16(25-3)9-7-15/h4-10H,11H2,1-3H3,(H2,20,21,23,24). The highest BCUT2D eigenvalue weighted by atomic mass is 16.5. The van der Waals surface area contributed by atoms with E-state index in [-0.39, 0.29) is 6.01 Å². The summed E-state index contributed by atoms with van der Waals surface area (Å²) in [7, 11) is 1.58. The number of hydrogen-bond donors (Lipinski definition) is 2. The molecule has 0 aliphatic rings. The number of amides is 2. The van der Waals surface area contributed by atoms with Crippen molar-refractivity contribution in [3.8, 4) is 5.75 Å². The first-order valence-corrected chi connectivity index (χ1v) is 8.14.